The van der Waals surface area contributed by atoms with Crippen molar-refractivity contribution >= 4 is 22.7 Å². The Morgan fingerprint density at radius 2 is 2.12 bits per heavy atom. The van der Waals surface area contributed by atoms with Gasteiger partial charge in [0.1, 0.15) is 5.76 Å². The van der Waals surface area contributed by atoms with Crippen molar-refractivity contribution in [2.24, 2.45) is 5.92 Å². The zero-order valence-corrected chi connectivity index (χ0v) is 11.1. The van der Waals surface area contributed by atoms with E-state index in [4.69, 9.17) is 4.74 Å². The van der Waals surface area contributed by atoms with Crippen molar-refractivity contribution in [3.63, 3.8) is 0 Å². The third-order valence-corrected chi connectivity index (χ3v) is 3.36. The fraction of sp³-hybridized carbons (Fsp3) is 0.357. The molecule has 1 aromatic rings. The third-order valence-electron chi connectivity index (χ3n) is 2.68. The minimum absolute atomic E-state index is 0.0957. The number of carbonyl (C=O) groups is 1. The van der Waals surface area contributed by atoms with E-state index in [0.29, 0.717) is 0 Å². The SMILES string of the molecule is CC(C)OC1=CC(c2ccsc2)=CC(=O)C1C. The molecular formula is C14H16O2S. The van der Waals surface area contributed by atoms with Gasteiger partial charge in [0.25, 0.3) is 0 Å². The van der Waals surface area contributed by atoms with Crippen molar-refractivity contribution in [1.82, 2.24) is 0 Å². The third kappa shape index (κ3) is 2.67. The van der Waals surface area contributed by atoms with Gasteiger partial charge in [-0.15, -0.1) is 0 Å². The number of hydrogen-bond donors (Lipinski definition) is 0. The molecule has 0 saturated heterocycles. The zero-order chi connectivity index (χ0) is 12.4. The first-order valence-corrected chi connectivity index (χ1v) is 6.68. The molecule has 1 unspecified atom stereocenters. The lowest BCUT2D eigenvalue weighted by atomic mass is 9.92. The van der Waals surface area contributed by atoms with Crippen LogP contribution in [0.5, 0.6) is 0 Å². The van der Waals surface area contributed by atoms with Crippen LogP contribution in [0, 0.1) is 5.92 Å². The lowest BCUT2D eigenvalue weighted by molar-refractivity contribution is -0.118. The van der Waals surface area contributed by atoms with Crippen molar-refractivity contribution < 1.29 is 9.53 Å². The highest BCUT2D eigenvalue weighted by Crippen LogP contribution is 2.29. The summed E-state index contributed by atoms with van der Waals surface area (Å²) in [7, 11) is 0. The fourth-order valence-electron chi connectivity index (χ4n) is 1.74. The molecule has 1 atom stereocenters. The Hall–Kier alpha value is -1.35. The minimum Gasteiger partial charge on any atom is -0.495 e. The summed E-state index contributed by atoms with van der Waals surface area (Å²) in [5, 5.41) is 4.05. The molecule has 90 valence electrons. The van der Waals surface area contributed by atoms with Gasteiger partial charge in [-0.05, 0) is 60.9 Å². The van der Waals surface area contributed by atoms with Crippen LogP contribution < -0.4 is 0 Å². The number of hydrogen-bond acceptors (Lipinski definition) is 3. The van der Waals surface area contributed by atoms with Gasteiger partial charge >= 0.3 is 0 Å². The van der Waals surface area contributed by atoms with E-state index in [0.717, 1.165) is 16.9 Å². The summed E-state index contributed by atoms with van der Waals surface area (Å²) in [4.78, 5) is 11.9. The van der Waals surface area contributed by atoms with Crippen LogP contribution in [0.25, 0.3) is 5.57 Å². The fourth-order valence-corrected chi connectivity index (χ4v) is 2.41. The van der Waals surface area contributed by atoms with Crippen LogP contribution in [0.2, 0.25) is 0 Å². The number of ketones is 1. The number of ether oxygens (including phenoxy) is 1. The maximum absolute atomic E-state index is 11.9. The molecule has 0 spiro atoms. The Balaban J connectivity index is 2.32. The topological polar surface area (TPSA) is 26.3 Å². The molecule has 0 N–H and O–H groups in total. The van der Waals surface area contributed by atoms with Gasteiger partial charge in [0, 0.05) is 0 Å². The second kappa shape index (κ2) is 4.88. The second-order valence-corrected chi connectivity index (χ2v) is 5.23. The van der Waals surface area contributed by atoms with Gasteiger partial charge < -0.3 is 4.74 Å². The summed E-state index contributed by atoms with van der Waals surface area (Å²) < 4.78 is 5.70. The first-order chi connectivity index (χ1) is 8.08. The molecule has 1 aliphatic carbocycles. The molecule has 1 heterocycles. The first-order valence-electron chi connectivity index (χ1n) is 5.74. The quantitative estimate of drug-likeness (QED) is 0.816. The van der Waals surface area contributed by atoms with Gasteiger partial charge in [-0.3, -0.25) is 4.79 Å². The molecule has 0 fully saturated rings. The van der Waals surface area contributed by atoms with Crippen molar-refractivity contribution in [1.29, 1.82) is 0 Å². The van der Waals surface area contributed by atoms with Crippen molar-refractivity contribution in [3.05, 3.63) is 40.3 Å². The maximum atomic E-state index is 11.9. The van der Waals surface area contributed by atoms with Crippen molar-refractivity contribution in [2.75, 3.05) is 0 Å². The Kier molecular flexibility index (Phi) is 3.48. The van der Waals surface area contributed by atoms with E-state index in [1.54, 1.807) is 17.4 Å². The van der Waals surface area contributed by atoms with Crippen LogP contribution >= 0.6 is 11.3 Å². The summed E-state index contributed by atoms with van der Waals surface area (Å²) >= 11 is 1.63. The van der Waals surface area contributed by atoms with Crippen molar-refractivity contribution in [3.8, 4) is 0 Å². The molecule has 0 radical (unpaired) electrons. The van der Waals surface area contributed by atoms with Crippen LogP contribution in [0.15, 0.2) is 34.7 Å². The highest BCUT2D eigenvalue weighted by atomic mass is 32.1. The molecule has 1 aliphatic rings. The molecule has 0 amide bonds. The molecule has 1 aromatic heterocycles. The van der Waals surface area contributed by atoms with Gasteiger partial charge in [-0.2, -0.15) is 11.3 Å². The van der Waals surface area contributed by atoms with Crippen LogP contribution in [0.4, 0.5) is 0 Å². The summed E-state index contributed by atoms with van der Waals surface area (Å²) in [5.41, 5.74) is 2.03. The summed E-state index contributed by atoms with van der Waals surface area (Å²) in [6, 6.07) is 2.02. The van der Waals surface area contributed by atoms with E-state index in [-0.39, 0.29) is 17.8 Å². The molecule has 0 aliphatic heterocycles. The van der Waals surface area contributed by atoms with E-state index in [1.807, 2.05) is 43.7 Å². The number of allylic oxidation sites excluding steroid dienone is 4. The van der Waals surface area contributed by atoms with E-state index in [1.165, 1.54) is 0 Å². The molecule has 0 aromatic carbocycles. The van der Waals surface area contributed by atoms with E-state index < -0.39 is 0 Å². The molecule has 2 rings (SSSR count). The van der Waals surface area contributed by atoms with Gasteiger partial charge in [-0.1, -0.05) is 0 Å². The Labute approximate surface area is 106 Å². The van der Waals surface area contributed by atoms with E-state index in [9.17, 15) is 4.79 Å². The standard InChI is InChI=1S/C14H16O2S/c1-9(2)16-14-7-12(6-13(15)10(14)3)11-4-5-17-8-11/h4-10H,1-3H3. The average molecular weight is 248 g/mol. The Morgan fingerprint density at radius 1 is 1.35 bits per heavy atom. The van der Waals surface area contributed by atoms with E-state index >= 15 is 0 Å². The number of thiophene rings is 1. The predicted octanol–water partition coefficient (Wildman–Crippen LogP) is 3.66. The Morgan fingerprint density at radius 3 is 2.71 bits per heavy atom. The predicted molar refractivity (Wildman–Crippen MR) is 70.8 cm³/mol. The molecule has 3 heteroatoms. The number of rotatable bonds is 3. The van der Waals surface area contributed by atoms with Crippen LogP contribution in [0.1, 0.15) is 26.3 Å². The summed E-state index contributed by atoms with van der Waals surface area (Å²) in [5.74, 6) is 0.720. The summed E-state index contributed by atoms with van der Waals surface area (Å²) in [6.45, 7) is 5.83. The smallest absolute Gasteiger partial charge is 0.166 e. The Bertz CT molecular complexity index is 466. The molecular weight excluding hydrogens is 232 g/mol. The normalized spacial score (nSPS) is 20.2. The average Bonchev–Trinajstić information content (AvgIpc) is 2.77. The van der Waals surface area contributed by atoms with Gasteiger partial charge in [0.15, 0.2) is 5.78 Å². The highest BCUT2D eigenvalue weighted by molar-refractivity contribution is 7.08. The van der Waals surface area contributed by atoms with Crippen LogP contribution in [0.3, 0.4) is 0 Å². The maximum Gasteiger partial charge on any atom is 0.166 e. The zero-order valence-electron chi connectivity index (χ0n) is 10.3. The molecule has 0 bridgehead atoms. The largest absolute Gasteiger partial charge is 0.495 e. The van der Waals surface area contributed by atoms with Crippen LogP contribution in [-0.2, 0) is 9.53 Å². The highest BCUT2D eigenvalue weighted by Gasteiger charge is 2.23. The van der Waals surface area contributed by atoms with E-state index in [2.05, 4.69) is 0 Å². The second-order valence-electron chi connectivity index (χ2n) is 4.45. The molecule has 17 heavy (non-hydrogen) atoms. The van der Waals surface area contributed by atoms with Gasteiger partial charge in [-0.25, -0.2) is 0 Å². The first kappa shape index (κ1) is 12.1. The lowest BCUT2D eigenvalue weighted by Crippen LogP contribution is -2.19. The van der Waals surface area contributed by atoms with Gasteiger partial charge in [0.2, 0.25) is 0 Å². The minimum atomic E-state index is -0.167. The van der Waals surface area contributed by atoms with Crippen molar-refractivity contribution in [2.45, 2.75) is 26.9 Å². The van der Waals surface area contributed by atoms with Crippen LogP contribution in [-0.4, -0.2) is 11.9 Å². The summed E-state index contributed by atoms with van der Waals surface area (Å²) in [6.07, 6.45) is 3.78. The number of carbonyl (C=O) groups excluding carboxylic acids is 1. The van der Waals surface area contributed by atoms with Gasteiger partial charge in [0.05, 0.1) is 12.0 Å². The lowest BCUT2D eigenvalue weighted by Gasteiger charge is -2.22. The monoisotopic (exact) mass is 248 g/mol. The molecule has 2 nitrogen and oxygen atoms in total. The molecule has 0 saturated carbocycles.